The maximum atomic E-state index is 10.4. The van der Waals surface area contributed by atoms with Gasteiger partial charge in [-0.2, -0.15) is 0 Å². The smallest absolute Gasteiger partial charge is 0.152 e. The van der Waals surface area contributed by atoms with Crippen molar-refractivity contribution in [2.45, 2.75) is 26.2 Å². The highest BCUT2D eigenvalue weighted by Gasteiger charge is 2.13. The first-order valence-corrected chi connectivity index (χ1v) is 3.48. The first-order valence-electron chi connectivity index (χ1n) is 3.48. The number of rotatable bonds is 2. The summed E-state index contributed by atoms with van der Waals surface area (Å²) in [6, 6.07) is 0. The van der Waals surface area contributed by atoms with Gasteiger partial charge in [-0.15, -0.1) is 0 Å². The average molecular weight is 124 g/mol. The van der Waals surface area contributed by atoms with Gasteiger partial charge in [0.25, 0.3) is 0 Å². The van der Waals surface area contributed by atoms with Crippen molar-refractivity contribution in [2.24, 2.45) is 5.92 Å². The van der Waals surface area contributed by atoms with Crippen molar-refractivity contribution < 1.29 is 4.79 Å². The summed E-state index contributed by atoms with van der Waals surface area (Å²) in [6.45, 7) is 1.59. The van der Waals surface area contributed by atoms with Crippen molar-refractivity contribution in [1.82, 2.24) is 0 Å². The summed E-state index contributed by atoms with van der Waals surface area (Å²) in [6.07, 6.45) is 7.62. The van der Waals surface area contributed by atoms with Gasteiger partial charge in [0.15, 0.2) is 5.78 Å². The molecule has 0 bridgehead atoms. The third-order valence-corrected chi connectivity index (χ3v) is 1.75. The molecule has 0 spiro atoms. The van der Waals surface area contributed by atoms with Crippen LogP contribution in [-0.4, -0.2) is 5.78 Å². The van der Waals surface area contributed by atoms with Crippen LogP contribution in [-0.2, 0) is 4.79 Å². The molecule has 0 aromatic carbocycles. The van der Waals surface area contributed by atoms with Crippen LogP contribution in [0.5, 0.6) is 0 Å². The SMILES string of the molecule is CC(=O)/C=C/C1CCC1. The van der Waals surface area contributed by atoms with Crippen LogP contribution in [0.3, 0.4) is 0 Å². The van der Waals surface area contributed by atoms with Crippen molar-refractivity contribution in [3.63, 3.8) is 0 Å². The van der Waals surface area contributed by atoms with E-state index in [1.807, 2.05) is 6.08 Å². The van der Waals surface area contributed by atoms with Crippen molar-refractivity contribution >= 4 is 5.78 Å². The molecule has 1 aliphatic rings. The summed E-state index contributed by atoms with van der Waals surface area (Å²) in [4.78, 5) is 10.4. The molecule has 0 amide bonds. The van der Waals surface area contributed by atoms with Crippen LogP contribution in [0.1, 0.15) is 26.2 Å². The third kappa shape index (κ3) is 2.00. The lowest BCUT2D eigenvalue weighted by atomic mass is 9.85. The standard InChI is InChI=1S/C8H12O/c1-7(9)5-6-8-3-2-4-8/h5-6,8H,2-4H2,1H3/b6-5+. The van der Waals surface area contributed by atoms with E-state index < -0.39 is 0 Å². The Labute approximate surface area is 55.8 Å². The molecule has 9 heavy (non-hydrogen) atoms. The van der Waals surface area contributed by atoms with E-state index >= 15 is 0 Å². The van der Waals surface area contributed by atoms with Gasteiger partial charge in [0.2, 0.25) is 0 Å². The number of ketones is 1. The van der Waals surface area contributed by atoms with Crippen molar-refractivity contribution in [3.8, 4) is 0 Å². The normalized spacial score (nSPS) is 20.1. The van der Waals surface area contributed by atoms with E-state index in [-0.39, 0.29) is 5.78 Å². The highest BCUT2D eigenvalue weighted by molar-refractivity contribution is 5.87. The molecule has 1 rings (SSSR count). The van der Waals surface area contributed by atoms with E-state index in [4.69, 9.17) is 0 Å². The molecule has 0 heterocycles. The predicted molar refractivity (Wildman–Crippen MR) is 37.2 cm³/mol. The number of carbonyl (C=O) groups is 1. The van der Waals surface area contributed by atoms with Crippen LogP contribution in [0.4, 0.5) is 0 Å². The Bertz CT molecular complexity index is 132. The second-order valence-electron chi connectivity index (χ2n) is 2.66. The molecule has 0 N–H and O–H groups in total. The van der Waals surface area contributed by atoms with Gasteiger partial charge in [0, 0.05) is 0 Å². The number of hydrogen-bond acceptors (Lipinski definition) is 1. The predicted octanol–water partition coefficient (Wildman–Crippen LogP) is 1.93. The summed E-state index contributed by atoms with van der Waals surface area (Å²) in [5.41, 5.74) is 0. The Morgan fingerprint density at radius 3 is 2.56 bits per heavy atom. The van der Waals surface area contributed by atoms with Gasteiger partial charge >= 0.3 is 0 Å². The van der Waals surface area contributed by atoms with Gasteiger partial charge < -0.3 is 0 Å². The fourth-order valence-electron chi connectivity index (χ4n) is 0.904. The largest absolute Gasteiger partial charge is 0.295 e. The van der Waals surface area contributed by atoms with Crippen LogP contribution in [0.2, 0.25) is 0 Å². The molecule has 0 atom stereocenters. The summed E-state index contributed by atoms with van der Waals surface area (Å²) in [5, 5.41) is 0. The van der Waals surface area contributed by atoms with Gasteiger partial charge in [0.1, 0.15) is 0 Å². The van der Waals surface area contributed by atoms with E-state index in [0.29, 0.717) is 5.92 Å². The molecule has 1 nitrogen and oxygen atoms in total. The Morgan fingerprint density at radius 2 is 2.22 bits per heavy atom. The maximum Gasteiger partial charge on any atom is 0.152 e. The first kappa shape index (κ1) is 6.53. The Kier molecular flexibility index (Phi) is 2.04. The summed E-state index contributed by atoms with van der Waals surface area (Å²) in [7, 11) is 0. The zero-order valence-corrected chi connectivity index (χ0v) is 5.76. The van der Waals surface area contributed by atoms with Crippen LogP contribution >= 0.6 is 0 Å². The van der Waals surface area contributed by atoms with E-state index in [0.717, 1.165) is 0 Å². The minimum atomic E-state index is 0.168. The van der Waals surface area contributed by atoms with Gasteiger partial charge in [-0.25, -0.2) is 0 Å². The fraction of sp³-hybridized carbons (Fsp3) is 0.625. The minimum Gasteiger partial charge on any atom is -0.295 e. The minimum absolute atomic E-state index is 0.168. The molecule has 0 unspecified atom stereocenters. The van der Waals surface area contributed by atoms with Gasteiger partial charge in [0.05, 0.1) is 0 Å². The third-order valence-electron chi connectivity index (χ3n) is 1.75. The molecule has 0 aliphatic heterocycles. The summed E-state index contributed by atoms with van der Waals surface area (Å²) in [5.74, 6) is 0.885. The molecule has 1 aliphatic carbocycles. The lowest BCUT2D eigenvalue weighted by Gasteiger charge is -2.20. The zero-order chi connectivity index (χ0) is 6.69. The Hall–Kier alpha value is -0.590. The average Bonchev–Trinajstić information content (AvgIpc) is 1.60. The molecule has 1 heteroatoms. The highest BCUT2D eigenvalue weighted by atomic mass is 16.1. The topological polar surface area (TPSA) is 17.1 Å². The van der Waals surface area contributed by atoms with Crippen LogP contribution in [0.25, 0.3) is 0 Å². The lowest BCUT2D eigenvalue weighted by Crippen LogP contribution is -2.07. The van der Waals surface area contributed by atoms with Crippen molar-refractivity contribution in [3.05, 3.63) is 12.2 Å². The second-order valence-corrected chi connectivity index (χ2v) is 2.66. The molecule has 0 aromatic rings. The Morgan fingerprint density at radius 1 is 1.56 bits per heavy atom. The molecule has 0 saturated heterocycles. The summed E-state index contributed by atoms with van der Waals surface area (Å²) < 4.78 is 0. The van der Waals surface area contributed by atoms with E-state index in [9.17, 15) is 4.79 Å². The molecule has 50 valence electrons. The highest BCUT2D eigenvalue weighted by Crippen LogP contribution is 2.27. The molecule has 0 aromatic heterocycles. The molecule has 1 fully saturated rings. The first-order chi connectivity index (χ1) is 4.29. The van der Waals surface area contributed by atoms with Gasteiger partial charge in [-0.1, -0.05) is 12.5 Å². The number of hydrogen-bond donors (Lipinski definition) is 0. The van der Waals surface area contributed by atoms with Gasteiger partial charge in [-0.05, 0) is 31.8 Å². The fourth-order valence-corrected chi connectivity index (χ4v) is 0.904. The number of allylic oxidation sites excluding steroid dienone is 2. The van der Waals surface area contributed by atoms with E-state index in [1.54, 1.807) is 13.0 Å². The van der Waals surface area contributed by atoms with Crippen LogP contribution in [0, 0.1) is 5.92 Å². The molecule has 0 radical (unpaired) electrons. The zero-order valence-electron chi connectivity index (χ0n) is 5.76. The van der Waals surface area contributed by atoms with Crippen LogP contribution in [0.15, 0.2) is 12.2 Å². The quantitative estimate of drug-likeness (QED) is 0.514. The van der Waals surface area contributed by atoms with Crippen LogP contribution < -0.4 is 0 Å². The van der Waals surface area contributed by atoms with E-state index in [2.05, 4.69) is 0 Å². The maximum absolute atomic E-state index is 10.4. The number of carbonyl (C=O) groups excluding carboxylic acids is 1. The van der Waals surface area contributed by atoms with E-state index in [1.165, 1.54) is 19.3 Å². The molecule has 1 saturated carbocycles. The Balaban J connectivity index is 2.22. The van der Waals surface area contributed by atoms with Gasteiger partial charge in [-0.3, -0.25) is 4.79 Å². The summed E-state index contributed by atoms with van der Waals surface area (Å²) >= 11 is 0. The van der Waals surface area contributed by atoms with Crippen molar-refractivity contribution in [2.75, 3.05) is 0 Å². The molecular formula is C8H12O. The monoisotopic (exact) mass is 124 g/mol. The van der Waals surface area contributed by atoms with Crippen molar-refractivity contribution in [1.29, 1.82) is 0 Å². The second kappa shape index (κ2) is 2.81. The molecular weight excluding hydrogens is 112 g/mol. The lowest BCUT2D eigenvalue weighted by molar-refractivity contribution is -0.112.